The van der Waals surface area contributed by atoms with E-state index in [1.165, 1.54) is 0 Å². The van der Waals surface area contributed by atoms with E-state index in [4.69, 9.17) is 9.47 Å². The van der Waals surface area contributed by atoms with Crippen LogP contribution in [0.15, 0.2) is 52.1 Å². The SMILES string of the molecule is CCn1c(SCc2cc(OC)cc(OC)c2)nnc1-c1ccccc1Br. The van der Waals surface area contributed by atoms with Crippen LogP contribution < -0.4 is 9.47 Å². The third kappa shape index (κ3) is 4.04. The van der Waals surface area contributed by atoms with Crippen molar-refractivity contribution in [1.82, 2.24) is 14.8 Å². The van der Waals surface area contributed by atoms with E-state index in [-0.39, 0.29) is 0 Å². The van der Waals surface area contributed by atoms with Crippen molar-refractivity contribution in [3.05, 3.63) is 52.5 Å². The predicted molar refractivity (Wildman–Crippen MR) is 108 cm³/mol. The number of aromatic nitrogens is 3. The molecule has 1 aromatic heterocycles. The van der Waals surface area contributed by atoms with E-state index < -0.39 is 0 Å². The van der Waals surface area contributed by atoms with Crippen LogP contribution in [0.5, 0.6) is 11.5 Å². The van der Waals surface area contributed by atoms with Crippen LogP contribution in [0, 0.1) is 0 Å². The minimum Gasteiger partial charge on any atom is -0.497 e. The van der Waals surface area contributed by atoms with Crippen LogP contribution in [-0.4, -0.2) is 29.0 Å². The summed E-state index contributed by atoms with van der Waals surface area (Å²) in [7, 11) is 3.31. The Kier molecular flexibility index (Phi) is 6.21. The van der Waals surface area contributed by atoms with E-state index in [0.29, 0.717) is 0 Å². The normalized spacial score (nSPS) is 10.8. The smallest absolute Gasteiger partial charge is 0.191 e. The zero-order valence-corrected chi connectivity index (χ0v) is 17.3. The first-order valence-corrected chi connectivity index (χ1v) is 9.97. The molecular weight excluding hydrogens is 414 g/mol. The second-order valence-electron chi connectivity index (χ2n) is 5.54. The Morgan fingerprint density at radius 3 is 2.35 bits per heavy atom. The number of ether oxygens (including phenoxy) is 2. The van der Waals surface area contributed by atoms with Crippen LogP contribution in [0.2, 0.25) is 0 Å². The zero-order chi connectivity index (χ0) is 18.5. The lowest BCUT2D eigenvalue weighted by Crippen LogP contribution is -2.00. The highest BCUT2D eigenvalue weighted by Gasteiger charge is 2.15. The van der Waals surface area contributed by atoms with Crippen molar-refractivity contribution in [1.29, 1.82) is 0 Å². The van der Waals surface area contributed by atoms with Gasteiger partial charge in [-0.2, -0.15) is 0 Å². The Bertz CT molecular complexity index is 876. The van der Waals surface area contributed by atoms with Crippen molar-refractivity contribution in [3.63, 3.8) is 0 Å². The molecule has 5 nitrogen and oxygen atoms in total. The van der Waals surface area contributed by atoms with E-state index in [0.717, 1.165) is 50.4 Å². The highest BCUT2D eigenvalue weighted by molar-refractivity contribution is 9.10. The average molecular weight is 434 g/mol. The molecule has 1 heterocycles. The van der Waals surface area contributed by atoms with Gasteiger partial charge in [0.25, 0.3) is 0 Å². The molecule has 0 aliphatic heterocycles. The van der Waals surface area contributed by atoms with Crippen LogP contribution in [0.4, 0.5) is 0 Å². The minimum absolute atomic E-state index is 0.752. The molecule has 7 heteroatoms. The summed E-state index contributed by atoms with van der Waals surface area (Å²) < 4.78 is 13.8. The fourth-order valence-electron chi connectivity index (χ4n) is 2.62. The Hall–Kier alpha value is -1.99. The molecule has 0 saturated carbocycles. The topological polar surface area (TPSA) is 49.2 Å². The average Bonchev–Trinajstić information content (AvgIpc) is 3.09. The first-order chi connectivity index (χ1) is 12.7. The van der Waals surface area contributed by atoms with Crippen molar-refractivity contribution in [2.75, 3.05) is 14.2 Å². The van der Waals surface area contributed by atoms with Crippen LogP contribution in [0.3, 0.4) is 0 Å². The van der Waals surface area contributed by atoms with Gasteiger partial charge in [0.2, 0.25) is 0 Å². The van der Waals surface area contributed by atoms with E-state index in [2.05, 4.69) is 37.6 Å². The molecule has 3 rings (SSSR count). The van der Waals surface area contributed by atoms with E-state index in [1.807, 2.05) is 42.5 Å². The molecule has 2 aromatic carbocycles. The predicted octanol–water partition coefficient (Wildman–Crippen LogP) is 5.04. The van der Waals surface area contributed by atoms with E-state index in [1.54, 1.807) is 26.0 Å². The van der Waals surface area contributed by atoms with Crippen LogP contribution in [-0.2, 0) is 12.3 Å². The number of rotatable bonds is 7. The van der Waals surface area contributed by atoms with Gasteiger partial charge in [0, 0.05) is 28.4 Å². The first kappa shape index (κ1) is 18.8. The van der Waals surface area contributed by atoms with Gasteiger partial charge in [-0.05, 0) is 30.7 Å². The van der Waals surface area contributed by atoms with Crippen LogP contribution in [0.1, 0.15) is 12.5 Å². The summed E-state index contributed by atoms with van der Waals surface area (Å²) in [6, 6.07) is 13.9. The second-order valence-corrected chi connectivity index (χ2v) is 7.34. The third-order valence-corrected chi connectivity index (χ3v) is 5.66. The van der Waals surface area contributed by atoms with E-state index in [9.17, 15) is 0 Å². The van der Waals surface area contributed by atoms with Crippen molar-refractivity contribution in [2.24, 2.45) is 0 Å². The van der Waals surface area contributed by atoms with Gasteiger partial charge in [0.15, 0.2) is 11.0 Å². The highest BCUT2D eigenvalue weighted by Crippen LogP contribution is 2.32. The van der Waals surface area contributed by atoms with Gasteiger partial charge in [-0.15, -0.1) is 10.2 Å². The van der Waals surface area contributed by atoms with Gasteiger partial charge in [-0.25, -0.2) is 0 Å². The van der Waals surface area contributed by atoms with Crippen molar-refractivity contribution < 1.29 is 9.47 Å². The Morgan fingerprint density at radius 1 is 1.04 bits per heavy atom. The second kappa shape index (κ2) is 8.60. The molecule has 0 amide bonds. The molecule has 26 heavy (non-hydrogen) atoms. The first-order valence-electron chi connectivity index (χ1n) is 8.19. The molecule has 0 bridgehead atoms. The summed E-state index contributed by atoms with van der Waals surface area (Å²) in [5, 5.41) is 9.70. The van der Waals surface area contributed by atoms with Crippen molar-refractivity contribution >= 4 is 27.7 Å². The monoisotopic (exact) mass is 433 g/mol. The fourth-order valence-corrected chi connectivity index (χ4v) is 4.01. The molecule has 0 aliphatic rings. The van der Waals surface area contributed by atoms with Gasteiger partial charge in [-0.1, -0.05) is 45.9 Å². The summed E-state index contributed by atoms with van der Waals surface area (Å²) in [5.41, 5.74) is 2.15. The molecule has 3 aromatic rings. The molecule has 0 N–H and O–H groups in total. The third-order valence-electron chi connectivity index (χ3n) is 3.93. The summed E-state index contributed by atoms with van der Waals surface area (Å²) in [5.74, 6) is 3.18. The van der Waals surface area contributed by atoms with Crippen LogP contribution >= 0.6 is 27.7 Å². The number of benzene rings is 2. The number of halogens is 1. The summed E-state index contributed by atoms with van der Waals surface area (Å²) in [6.07, 6.45) is 0. The maximum Gasteiger partial charge on any atom is 0.191 e. The summed E-state index contributed by atoms with van der Waals surface area (Å²) >= 11 is 5.24. The van der Waals surface area contributed by atoms with Crippen LogP contribution in [0.25, 0.3) is 11.4 Å². The lowest BCUT2D eigenvalue weighted by molar-refractivity contribution is 0.393. The molecular formula is C19H20BrN3O2S. The zero-order valence-electron chi connectivity index (χ0n) is 14.9. The Labute approximate surface area is 165 Å². The lowest BCUT2D eigenvalue weighted by Gasteiger charge is -2.10. The molecule has 0 fully saturated rings. The molecule has 0 atom stereocenters. The fraction of sp³-hybridized carbons (Fsp3) is 0.263. The molecule has 0 radical (unpaired) electrons. The van der Waals surface area contributed by atoms with Gasteiger partial charge >= 0.3 is 0 Å². The minimum atomic E-state index is 0.752. The van der Waals surface area contributed by atoms with Crippen molar-refractivity contribution in [3.8, 4) is 22.9 Å². The largest absolute Gasteiger partial charge is 0.497 e. The quantitative estimate of drug-likeness (QED) is 0.488. The maximum absolute atomic E-state index is 5.34. The lowest BCUT2D eigenvalue weighted by atomic mass is 10.2. The Morgan fingerprint density at radius 2 is 1.73 bits per heavy atom. The molecule has 136 valence electrons. The summed E-state index contributed by atoms with van der Waals surface area (Å²) in [4.78, 5) is 0. The van der Waals surface area contributed by atoms with E-state index >= 15 is 0 Å². The number of methoxy groups -OCH3 is 2. The van der Waals surface area contributed by atoms with Gasteiger partial charge in [0.05, 0.1) is 14.2 Å². The number of hydrogen-bond donors (Lipinski definition) is 0. The molecule has 0 aliphatic carbocycles. The summed E-state index contributed by atoms with van der Waals surface area (Å²) in [6.45, 7) is 2.90. The number of thioether (sulfide) groups is 1. The standard InChI is InChI=1S/C19H20BrN3O2S/c1-4-23-18(16-7-5-6-8-17(16)20)21-22-19(23)26-12-13-9-14(24-2)11-15(10-13)25-3/h5-11H,4,12H2,1-3H3. The molecule has 0 unspecified atom stereocenters. The Balaban J connectivity index is 1.84. The van der Waals surface area contributed by atoms with Gasteiger partial charge < -0.3 is 14.0 Å². The van der Waals surface area contributed by atoms with Crippen molar-refractivity contribution in [2.45, 2.75) is 24.4 Å². The highest BCUT2D eigenvalue weighted by atomic mass is 79.9. The van der Waals surface area contributed by atoms with Gasteiger partial charge in [-0.3, -0.25) is 0 Å². The number of hydrogen-bond acceptors (Lipinski definition) is 5. The molecule has 0 saturated heterocycles. The maximum atomic E-state index is 5.34. The van der Waals surface area contributed by atoms with Gasteiger partial charge in [0.1, 0.15) is 11.5 Å². The molecule has 0 spiro atoms. The number of nitrogens with zero attached hydrogens (tertiary/aromatic N) is 3.